The molecule has 0 saturated heterocycles. The van der Waals surface area contributed by atoms with Gasteiger partial charge in [-0.1, -0.05) is 23.7 Å². The van der Waals surface area contributed by atoms with E-state index in [4.69, 9.17) is 21.2 Å². The number of benzene rings is 1. The van der Waals surface area contributed by atoms with Gasteiger partial charge in [0.2, 0.25) is 5.78 Å². The average molecular weight is 520 g/mol. The molecule has 1 aromatic carbocycles. The standard InChI is InChI=1S/C24H26ClN3O6S/c1-14-17(5-15-3-2-4-19(25)7-15)10-23(34-14)24(30)20-11-27-13-28-21(20)8-16-6-18(22(29)9-16)12-33-35(26,31)32/h2-4,7,10-11,13,16,18,22,29H,5-6,8-9,12H2,1H3,(H2,26,31,32)/t16-,18+,22-/m0/s1. The van der Waals surface area contributed by atoms with Gasteiger partial charge in [-0.3, -0.25) is 8.98 Å². The van der Waals surface area contributed by atoms with E-state index in [1.54, 1.807) is 12.1 Å². The second-order valence-corrected chi connectivity index (χ2v) is 10.5. The summed E-state index contributed by atoms with van der Waals surface area (Å²) in [4.78, 5) is 21.6. The molecule has 4 rings (SSSR count). The molecule has 1 saturated carbocycles. The Bertz CT molecular complexity index is 1330. The number of aryl methyl sites for hydroxylation is 1. The van der Waals surface area contributed by atoms with Gasteiger partial charge < -0.3 is 9.52 Å². The maximum atomic E-state index is 13.3. The van der Waals surface area contributed by atoms with Crippen molar-refractivity contribution < 1.29 is 26.9 Å². The third-order valence-corrected chi connectivity index (χ3v) is 6.95. The lowest BCUT2D eigenvalue weighted by atomic mass is 9.96. The number of hydrogen-bond acceptors (Lipinski definition) is 8. The van der Waals surface area contributed by atoms with Crippen LogP contribution in [0.4, 0.5) is 0 Å². The highest BCUT2D eigenvalue weighted by Gasteiger charge is 2.35. The van der Waals surface area contributed by atoms with Gasteiger partial charge in [0.25, 0.3) is 0 Å². The zero-order valence-electron chi connectivity index (χ0n) is 19.1. The van der Waals surface area contributed by atoms with Gasteiger partial charge in [0, 0.05) is 23.6 Å². The van der Waals surface area contributed by atoms with Gasteiger partial charge in [-0.2, -0.15) is 8.42 Å². The minimum atomic E-state index is -4.08. The first kappa shape index (κ1) is 25.5. The Labute approximate surface area is 208 Å². The fraction of sp³-hybridized carbons (Fsp3) is 0.375. The van der Waals surface area contributed by atoms with E-state index >= 15 is 0 Å². The SMILES string of the molecule is Cc1oc(C(=O)c2cncnc2C[C@@H]2C[C@H](COS(N)(=O)=O)[C@@H](O)C2)cc1Cc1cccc(Cl)c1. The molecule has 2 heterocycles. The van der Waals surface area contributed by atoms with Gasteiger partial charge in [0.15, 0.2) is 5.76 Å². The van der Waals surface area contributed by atoms with E-state index in [9.17, 15) is 18.3 Å². The van der Waals surface area contributed by atoms with Crippen LogP contribution in [0, 0.1) is 18.8 Å². The third kappa shape index (κ3) is 6.53. The van der Waals surface area contributed by atoms with Crippen LogP contribution >= 0.6 is 11.6 Å². The number of ketones is 1. The Morgan fingerprint density at radius 2 is 2.11 bits per heavy atom. The Morgan fingerprint density at radius 1 is 1.31 bits per heavy atom. The van der Waals surface area contributed by atoms with Gasteiger partial charge in [-0.05, 0) is 61.4 Å². The van der Waals surface area contributed by atoms with Crippen molar-refractivity contribution in [3.05, 3.63) is 81.8 Å². The molecule has 0 unspecified atom stereocenters. The molecule has 186 valence electrons. The second-order valence-electron chi connectivity index (χ2n) is 8.86. The maximum absolute atomic E-state index is 13.3. The second kappa shape index (κ2) is 10.5. The van der Waals surface area contributed by atoms with Crippen LogP contribution in [0.5, 0.6) is 0 Å². The quantitative estimate of drug-likeness (QED) is 0.410. The van der Waals surface area contributed by atoms with Crippen LogP contribution in [0.2, 0.25) is 5.02 Å². The molecular formula is C24H26ClN3O6S. The number of aliphatic hydroxyl groups excluding tert-OH is 1. The smallest absolute Gasteiger partial charge is 0.333 e. The Balaban J connectivity index is 1.48. The number of aliphatic hydroxyl groups is 1. The van der Waals surface area contributed by atoms with E-state index in [2.05, 4.69) is 14.2 Å². The zero-order valence-corrected chi connectivity index (χ0v) is 20.6. The number of carbonyl (C=O) groups excluding carboxylic acids is 1. The topological polar surface area (TPSA) is 146 Å². The number of rotatable bonds is 9. The summed E-state index contributed by atoms with van der Waals surface area (Å²) in [6, 6.07) is 9.24. The van der Waals surface area contributed by atoms with Crippen molar-refractivity contribution in [1.29, 1.82) is 0 Å². The highest BCUT2D eigenvalue weighted by atomic mass is 35.5. The normalized spacial score (nSPS) is 20.3. The van der Waals surface area contributed by atoms with Crippen molar-refractivity contribution >= 4 is 27.7 Å². The number of hydrogen-bond donors (Lipinski definition) is 2. The Hall–Kier alpha value is -2.63. The minimum absolute atomic E-state index is 0.0164. The molecule has 11 heteroatoms. The predicted molar refractivity (Wildman–Crippen MR) is 128 cm³/mol. The predicted octanol–water partition coefficient (Wildman–Crippen LogP) is 3.00. The van der Waals surface area contributed by atoms with Crippen LogP contribution in [0.1, 0.15) is 51.5 Å². The molecule has 1 aliphatic rings. The third-order valence-electron chi connectivity index (χ3n) is 6.25. The van der Waals surface area contributed by atoms with Crippen molar-refractivity contribution in [2.24, 2.45) is 17.0 Å². The van der Waals surface area contributed by atoms with E-state index in [0.717, 1.165) is 11.1 Å². The maximum Gasteiger partial charge on any atom is 0.333 e. The molecule has 35 heavy (non-hydrogen) atoms. The van der Waals surface area contributed by atoms with Crippen LogP contribution in [0.3, 0.4) is 0 Å². The lowest BCUT2D eigenvalue weighted by molar-refractivity contribution is 0.100. The average Bonchev–Trinajstić information content (AvgIpc) is 3.33. The van der Waals surface area contributed by atoms with Crippen LogP contribution < -0.4 is 5.14 Å². The summed E-state index contributed by atoms with van der Waals surface area (Å²) < 4.78 is 32.6. The number of furan rings is 1. The molecule has 3 aromatic rings. The molecule has 1 fully saturated rings. The van der Waals surface area contributed by atoms with Crippen LogP contribution in [0.25, 0.3) is 0 Å². The van der Waals surface area contributed by atoms with Crippen LogP contribution in [0.15, 0.2) is 47.3 Å². The Kier molecular flexibility index (Phi) is 7.67. The zero-order chi connectivity index (χ0) is 25.2. The van der Waals surface area contributed by atoms with Crippen molar-refractivity contribution in [1.82, 2.24) is 9.97 Å². The van der Waals surface area contributed by atoms with E-state index < -0.39 is 16.4 Å². The lowest BCUT2D eigenvalue weighted by Crippen LogP contribution is -2.24. The Morgan fingerprint density at radius 3 is 2.86 bits per heavy atom. The summed E-state index contributed by atoms with van der Waals surface area (Å²) >= 11 is 6.08. The fourth-order valence-corrected chi connectivity index (χ4v) is 5.11. The van der Waals surface area contributed by atoms with E-state index in [1.165, 1.54) is 12.5 Å². The molecule has 0 spiro atoms. The number of carbonyl (C=O) groups is 1. The van der Waals surface area contributed by atoms with Crippen molar-refractivity contribution in [2.45, 2.75) is 38.7 Å². The van der Waals surface area contributed by atoms with E-state index in [1.807, 2.05) is 25.1 Å². The molecule has 1 aliphatic carbocycles. The van der Waals surface area contributed by atoms with Gasteiger partial charge in [0.1, 0.15) is 12.1 Å². The summed E-state index contributed by atoms with van der Waals surface area (Å²) in [6.07, 6.45) is 4.04. The first-order valence-electron chi connectivity index (χ1n) is 11.1. The molecule has 0 bridgehead atoms. The van der Waals surface area contributed by atoms with E-state index in [-0.39, 0.29) is 30.0 Å². The van der Waals surface area contributed by atoms with Gasteiger partial charge in [-0.15, -0.1) is 0 Å². The van der Waals surface area contributed by atoms with E-state index in [0.29, 0.717) is 47.7 Å². The van der Waals surface area contributed by atoms with Gasteiger partial charge in [0.05, 0.1) is 24.0 Å². The largest absolute Gasteiger partial charge is 0.458 e. The first-order chi connectivity index (χ1) is 16.6. The van der Waals surface area contributed by atoms with Gasteiger partial charge in [-0.25, -0.2) is 15.1 Å². The molecule has 3 atom stereocenters. The summed E-state index contributed by atoms with van der Waals surface area (Å²) in [6.45, 7) is 1.62. The van der Waals surface area contributed by atoms with Crippen LogP contribution in [-0.2, 0) is 27.3 Å². The molecule has 2 aromatic heterocycles. The number of aromatic nitrogens is 2. The highest BCUT2D eigenvalue weighted by Crippen LogP contribution is 2.34. The summed E-state index contributed by atoms with van der Waals surface area (Å²) in [5.41, 5.74) is 2.76. The molecular weight excluding hydrogens is 494 g/mol. The van der Waals surface area contributed by atoms with Crippen LogP contribution in [-0.4, -0.2) is 42.0 Å². The van der Waals surface area contributed by atoms with Gasteiger partial charge >= 0.3 is 10.3 Å². The molecule has 0 aliphatic heterocycles. The summed E-state index contributed by atoms with van der Waals surface area (Å²) in [7, 11) is -4.08. The molecule has 3 N–H and O–H groups in total. The lowest BCUT2D eigenvalue weighted by Gasteiger charge is -2.13. The minimum Gasteiger partial charge on any atom is -0.458 e. The van der Waals surface area contributed by atoms with Crippen molar-refractivity contribution in [3.63, 3.8) is 0 Å². The van der Waals surface area contributed by atoms with Crippen molar-refractivity contribution in [2.75, 3.05) is 6.61 Å². The molecule has 0 amide bonds. The number of nitrogens with two attached hydrogens (primary N) is 1. The number of halogens is 1. The molecule has 9 nitrogen and oxygen atoms in total. The number of nitrogens with zero attached hydrogens (tertiary/aromatic N) is 2. The molecule has 0 radical (unpaired) electrons. The summed E-state index contributed by atoms with van der Waals surface area (Å²) in [5, 5.41) is 15.9. The fourth-order valence-electron chi connectivity index (χ4n) is 4.53. The highest BCUT2D eigenvalue weighted by molar-refractivity contribution is 7.84. The monoisotopic (exact) mass is 519 g/mol. The van der Waals surface area contributed by atoms with Crippen molar-refractivity contribution in [3.8, 4) is 0 Å². The first-order valence-corrected chi connectivity index (χ1v) is 13.0. The summed E-state index contributed by atoms with van der Waals surface area (Å²) in [5.74, 6) is 0.122.